The van der Waals surface area contributed by atoms with E-state index in [9.17, 15) is 12.8 Å². The molecule has 0 radical (unpaired) electrons. The SMILES string of the molecule is NCc1cccc(CNc2ccc(S(N)(=O)=O)cc2F)c1. The van der Waals surface area contributed by atoms with Gasteiger partial charge in [0.05, 0.1) is 10.6 Å². The predicted octanol–water partition coefficient (Wildman–Crippen LogP) is 1.54. The Hall–Kier alpha value is -1.96. The molecule has 2 aromatic carbocycles. The average molecular weight is 309 g/mol. The Kier molecular flexibility index (Phi) is 4.56. The zero-order valence-corrected chi connectivity index (χ0v) is 12.0. The zero-order valence-electron chi connectivity index (χ0n) is 11.2. The Balaban J connectivity index is 2.13. The molecule has 0 amide bonds. The molecule has 21 heavy (non-hydrogen) atoms. The van der Waals surface area contributed by atoms with Gasteiger partial charge in [0.1, 0.15) is 5.82 Å². The van der Waals surface area contributed by atoms with Gasteiger partial charge in [-0.2, -0.15) is 0 Å². The Labute approximate surface area is 122 Å². The molecule has 0 aliphatic rings. The smallest absolute Gasteiger partial charge is 0.238 e. The van der Waals surface area contributed by atoms with E-state index in [1.54, 1.807) is 0 Å². The van der Waals surface area contributed by atoms with Crippen LogP contribution in [0.25, 0.3) is 0 Å². The Morgan fingerprint density at radius 3 is 2.43 bits per heavy atom. The van der Waals surface area contributed by atoms with Crippen molar-refractivity contribution in [3.05, 3.63) is 59.4 Å². The Morgan fingerprint density at radius 1 is 1.10 bits per heavy atom. The minimum Gasteiger partial charge on any atom is -0.379 e. The average Bonchev–Trinajstić information content (AvgIpc) is 2.45. The van der Waals surface area contributed by atoms with Crippen molar-refractivity contribution in [2.45, 2.75) is 18.0 Å². The third kappa shape index (κ3) is 4.01. The number of anilines is 1. The molecule has 0 aromatic heterocycles. The van der Waals surface area contributed by atoms with Crippen molar-refractivity contribution < 1.29 is 12.8 Å². The molecule has 7 heteroatoms. The first-order chi connectivity index (χ1) is 9.90. The van der Waals surface area contributed by atoms with E-state index in [-0.39, 0.29) is 10.6 Å². The van der Waals surface area contributed by atoms with Crippen molar-refractivity contribution in [3.8, 4) is 0 Å². The normalized spacial score (nSPS) is 11.4. The minimum atomic E-state index is -3.90. The molecule has 0 spiro atoms. The minimum absolute atomic E-state index is 0.209. The second-order valence-corrected chi connectivity index (χ2v) is 6.13. The van der Waals surface area contributed by atoms with Crippen molar-refractivity contribution in [1.82, 2.24) is 0 Å². The summed E-state index contributed by atoms with van der Waals surface area (Å²) in [5, 5.41) is 7.85. The molecule has 5 nitrogen and oxygen atoms in total. The van der Waals surface area contributed by atoms with E-state index in [4.69, 9.17) is 10.9 Å². The molecule has 0 saturated heterocycles. The van der Waals surface area contributed by atoms with Crippen LogP contribution in [0, 0.1) is 5.82 Å². The number of nitrogens with one attached hydrogen (secondary N) is 1. The number of sulfonamides is 1. The van der Waals surface area contributed by atoms with Crippen molar-refractivity contribution >= 4 is 15.7 Å². The van der Waals surface area contributed by atoms with Crippen LogP contribution in [-0.4, -0.2) is 8.42 Å². The predicted molar refractivity (Wildman–Crippen MR) is 79.4 cm³/mol. The summed E-state index contributed by atoms with van der Waals surface area (Å²) in [6.45, 7) is 0.838. The van der Waals surface area contributed by atoms with Gasteiger partial charge >= 0.3 is 0 Å². The number of primary sulfonamides is 1. The summed E-state index contributed by atoms with van der Waals surface area (Å²) >= 11 is 0. The maximum Gasteiger partial charge on any atom is 0.238 e. The summed E-state index contributed by atoms with van der Waals surface area (Å²) in [4.78, 5) is -0.254. The maximum atomic E-state index is 13.8. The summed E-state index contributed by atoms with van der Waals surface area (Å²) < 4.78 is 36.1. The Morgan fingerprint density at radius 2 is 1.81 bits per heavy atom. The molecule has 0 saturated carbocycles. The van der Waals surface area contributed by atoms with Crippen molar-refractivity contribution in [1.29, 1.82) is 0 Å². The lowest BCUT2D eigenvalue weighted by atomic mass is 10.1. The fraction of sp³-hybridized carbons (Fsp3) is 0.143. The summed E-state index contributed by atoms with van der Waals surface area (Å²) in [7, 11) is -3.90. The van der Waals surface area contributed by atoms with Gasteiger partial charge in [-0.1, -0.05) is 24.3 Å². The van der Waals surface area contributed by atoms with E-state index in [0.717, 1.165) is 17.2 Å². The number of rotatable bonds is 5. The van der Waals surface area contributed by atoms with Crippen LogP contribution in [0.2, 0.25) is 0 Å². The van der Waals surface area contributed by atoms with E-state index in [2.05, 4.69) is 5.32 Å². The molecule has 0 aliphatic heterocycles. The van der Waals surface area contributed by atoms with E-state index in [0.29, 0.717) is 13.1 Å². The van der Waals surface area contributed by atoms with Gasteiger partial charge < -0.3 is 11.1 Å². The van der Waals surface area contributed by atoms with Gasteiger partial charge in [-0.15, -0.1) is 0 Å². The molecule has 0 aliphatic carbocycles. The summed E-state index contributed by atoms with van der Waals surface area (Å²) in [6.07, 6.45) is 0. The monoisotopic (exact) mass is 309 g/mol. The van der Waals surface area contributed by atoms with Gasteiger partial charge in [-0.05, 0) is 29.3 Å². The fourth-order valence-electron chi connectivity index (χ4n) is 1.88. The van der Waals surface area contributed by atoms with Gasteiger partial charge in [0.15, 0.2) is 0 Å². The van der Waals surface area contributed by atoms with Crippen LogP contribution in [0.3, 0.4) is 0 Å². The second kappa shape index (κ2) is 6.21. The van der Waals surface area contributed by atoms with E-state index in [1.807, 2.05) is 24.3 Å². The first-order valence-corrected chi connectivity index (χ1v) is 7.79. The molecule has 5 N–H and O–H groups in total. The Bertz CT molecular complexity index is 748. The van der Waals surface area contributed by atoms with Crippen LogP contribution in [0.15, 0.2) is 47.4 Å². The highest BCUT2D eigenvalue weighted by Crippen LogP contribution is 2.19. The van der Waals surface area contributed by atoms with E-state index < -0.39 is 15.8 Å². The molecule has 0 heterocycles. The summed E-state index contributed by atoms with van der Waals surface area (Å²) in [5.74, 6) is -0.670. The molecular weight excluding hydrogens is 293 g/mol. The van der Waals surface area contributed by atoms with Gasteiger partial charge in [0, 0.05) is 13.1 Å². The zero-order chi connectivity index (χ0) is 15.5. The van der Waals surface area contributed by atoms with Crippen molar-refractivity contribution in [3.63, 3.8) is 0 Å². The third-order valence-corrected chi connectivity index (χ3v) is 3.89. The first-order valence-electron chi connectivity index (χ1n) is 6.24. The maximum absolute atomic E-state index is 13.8. The fourth-order valence-corrected chi connectivity index (χ4v) is 2.41. The third-order valence-electron chi connectivity index (χ3n) is 2.98. The number of nitrogens with two attached hydrogens (primary N) is 2. The second-order valence-electron chi connectivity index (χ2n) is 4.56. The summed E-state index contributed by atoms with van der Waals surface area (Å²) in [6, 6.07) is 11.1. The van der Waals surface area contributed by atoms with Gasteiger partial charge in [-0.3, -0.25) is 0 Å². The lowest BCUT2D eigenvalue weighted by Gasteiger charge is -2.09. The molecule has 0 unspecified atom stereocenters. The van der Waals surface area contributed by atoms with E-state index >= 15 is 0 Å². The highest BCUT2D eigenvalue weighted by Gasteiger charge is 2.11. The summed E-state index contributed by atoms with van der Waals surface area (Å²) in [5.41, 5.74) is 7.70. The topological polar surface area (TPSA) is 98.2 Å². The standard InChI is InChI=1S/C14H16FN3O2S/c15-13-7-12(21(17,19)20)4-5-14(13)18-9-11-3-1-2-10(6-11)8-16/h1-7,18H,8-9,16H2,(H2,17,19,20). The quantitative estimate of drug-likeness (QED) is 0.780. The molecule has 0 bridgehead atoms. The molecular formula is C14H16FN3O2S. The van der Waals surface area contributed by atoms with Gasteiger partial charge in [0.2, 0.25) is 10.0 Å². The van der Waals surface area contributed by atoms with Crippen molar-refractivity contribution in [2.24, 2.45) is 10.9 Å². The molecule has 2 rings (SSSR count). The molecule has 0 fully saturated rings. The van der Waals surface area contributed by atoms with Crippen LogP contribution in [0.5, 0.6) is 0 Å². The molecule has 112 valence electrons. The number of halogens is 1. The van der Waals surface area contributed by atoms with Crippen LogP contribution in [0.4, 0.5) is 10.1 Å². The lowest BCUT2D eigenvalue weighted by molar-refractivity contribution is 0.593. The first kappa shape index (κ1) is 15.4. The molecule has 2 aromatic rings. The van der Waals surface area contributed by atoms with Crippen LogP contribution in [-0.2, 0) is 23.1 Å². The number of hydrogen-bond acceptors (Lipinski definition) is 4. The van der Waals surface area contributed by atoms with Gasteiger partial charge in [0.25, 0.3) is 0 Å². The van der Waals surface area contributed by atoms with Crippen LogP contribution in [0.1, 0.15) is 11.1 Å². The largest absolute Gasteiger partial charge is 0.379 e. The molecule has 0 atom stereocenters. The van der Waals surface area contributed by atoms with Gasteiger partial charge in [-0.25, -0.2) is 17.9 Å². The van der Waals surface area contributed by atoms with Crippen LogP contribution < -0.4 is 16.2 Å². The van der Waals surface area contributed by atoms with Crippen LogP contribution >= 0.6 is 0 Å². The number of benzene rings is 2. The van der Waals surface area contributed by atoms with E-state index in [1.165, 1.54) is 12.1 Å². The highest BCUT2D eigenvalue weighted by atomic mass is 32.2. The van der Waals surface area contributed by atoms with Crippen molar-refractivity contribution in [2.75, 3.05) is 5.32 Å². The highest BCUT2D eigenvalue weighted by molar-refractivity contribution is 7.89. The number of hydrogen-bond donors (Lipinski definition) is 3. The lowest BCUT2D eigenvalue weighted by Crippen LogP contribution is -2.12.